The summed E-state index contributed by atoms with van der Waals surface area (Å²) in [6.07, 6.45) is 1.58. The summed E-state index contributed by atoms with van der Waals surface area (Å²) in [7, 11) is 0. The van der Waals surface area contributed by atoms with Crippen LogP contribution in [0.2, 0.25) is 0 Å². The summed E-state index contributed by atoms with van der Waals surface area (Å²) in [5.41, 5.74) is 7.63. The van der Waals surface area contributed by atoms with Crippen LogP contribution in [0.5, 0.6) is 11.5 Å². The summed E-state index contributed by atoms with van der Waals surface area (Å²) in [5, 5.41) is 0. The van der Waals surface area contributed by atoms with Crippen LogP contribution in [0.15, 0.2) is 34.8 Å². The number of carbonyl (C=O) groups excluding carboxylic acids is 1. The molecule has 2 N–H and O–H groups in total. The van der Waals surface area contributed by atoms with Gasteiger partial charge in [0.2, 0.25) is 5.91 Å². The van der Waals surface area contributed by atoms with Crippen molar-refractivity contribution in [2.24, 2.45) is 0 Å². The highest BCUT2D eigenvalue weighted by Gasteiger charge is 2.29. The number of carbonyl (C=O) groups is 1. The number of amides is 1. The van der Waals surface area contributed by atoms with Gasteiger partial charge in [0.15, 0.2) is 11.6 Å². The van der Waals surface area contributed by atoms with Gasteiger partial charge in [0.1, 0.15) is 5.75 Å². The van der Waals surface area contributed by atoms with Crippen LogP contribution in [-0.2, 0) is 11.2 Å². The van der Waals surface area contributed by atoms with E-state index in [9.17, 15) is 9.18 Å². The van der Waals surface area contributed by atoms with Gasteiger partial charge in [-0.2, -0.15) is 0 Å². The number of rotatable bonds is 2. The topological polar surface area (TPSA) is 55.6 Å². The zero-order valence-corrected chi connectivity index (χ0v) is 15.1. The Kier molecular flexibility index (Phi) is 4.49. The lowest BCUT2D eigenvalue weighted by Gasteiger charge is -2.35. The number of anilines is 2. The first kappa shape index (κ1) is 16.8. The van der Waals surface area contributed by atoms with Gasteiger partial charge in [0.25, 0.3) is 0 Å². The van der Waals surface area contributed by atoms with Crippen molar-refractivity contribution in [2.45, 2.75) is 32.7 Å². The molecule has 0 bridgehead atoms. The summed E-state index contributed by atoms with van der Waals surface area (Å²) >= 11 is 3.47. The van der Waals surface area contributed by atoms with Crippen LogP contribution in [0.1, 0.15) is 25.8 Å². The van der Waals surface area contributed by atoms with Crippen LogP contribution in [0.3, 0.4) is 0 Å². The Labute approximate surface area is 148 Å². The predicted molar refractivity (Wildman–Crippen MR) is 96.0 cm³/mol. The summed E-state index contributed by atoms with van der Waals surface area (Å²) < 4.78 is 20.6. The SMILES string of the molecule is CC(=O)N1c2ccc(Br)c(Oc3ccc(N)cc3F)c2CCC1C. The van der Waals surface area contributed by atoms with Crippen LogP contribution >= 0.6 is 15.9 Å². The van der Waals surface area contributed by atoms with Crippen LogP contribution in [0, 0.1) is 5.82 Å². The fourth-order valence-electron chi connectivity index (χ4n) is 3.08. The summed E-state index contributed by atoms with van der Waals surface area (Å²) in [5.74, 6) is 0.100. The highest BCUT2D eigenvalue weighted by Crippen LogP contribution is 2.43. The van der Waals surface area contributed by atoms with Crippen LogP contribution in [-0.4, -0.2) is 11.9 Å². The van der Waals surface area contributed by atoms with E-state index in [1.807, 2.05) is 19.1 Å². The maximum absolute atomic E-state index is 14.1. The molecule has 0 fully saturated rings. The minimum absolute atomic E-state index is 0.0182. The van der Waals surface area contributed by atoms with Gasteiger partial charge in [-0.3, -0.25) is 4.79 Å². The molecule has 3 rings (SSSR count). The maximum Gasteiger partial charge on any atom is 0.224 e. The highest BCUT2D eigenvalue weighted by atomic mass is 79.9. The van der Waals surface area contributed by atoms with E-state index in [0.29, 0.717) is 11.4 Å². The smallest absolute Gasteiger partial charge is 0.224 e. The van der Waals surface area contributed by atoms with Crippen molar-refractivity contribution in [3.8, 4) is 11.5 Å². The molecule has 24 heavy (non-hydrogen) atoms. The lowest BCUT2D eigenvalue weighted by molar-refractivity contribution is -0.117. The number of hydrogen-bond donors (Lipinski definition) is 1. The van der Waals surface area contributed by atoms with E-state index >= 15 is 0 Å². The van der Waals surface area contributed by atoms with Gasteiger partial charge in [-0.15, -0.1) is 0 Å². The van der Waals surface area contributed by atoms with Gasteiger partial charge in [-0.25, -0.2) is 4.39 Å². The number of nitrogens with two attached hydrogens (primary N) is 1. The van der Waals surface area contributed by atoms with E-state index in [4.69, 9.17) is 10.5 Å². The molecule has 0 saturated carbocycles. The molecular weight excluding hydrogens is 375 g/mol. The van der Waals surface area contributed by atoms with Crippen LogP contribution < -0.4 is 15.4 Å². The molecule has 2 aromatic carbocycles. The lowest BCUT2D eigenvalue weighted by Crippen LogP contribution is -2.40. The first-order chi connectivity index (χ1) is 11.4. The van der Waals surface area contributed by atoms with Gasteiger partial charge in [-0.05, 0) is 60.0 Å². The van der Waals surface area contributed by atoms with E-state index < -0.39 is 5.82 Å². The highest BCUT2D eigenvalue weighted by molar-refractivity contribution is 9.10. The van der Waals surface area contributed by atoms with Crippen molar-refractivity contribution in [2.75, 3.05) is 10.6 Å². The average molecular weight is 393 g/mol. The molecule has 1 aliphatic heterocycles. The first-order valence-electron chi connectivity index (χ1n) is 7.72. The molecular formula is C18H18BrFN2O2. The van der Waals surface area contributed by atoms with Gasteiger partial charge in [-0.1, -0.05) is 0 Å². The Bertz CT molecular complexity index is 810. The predicted octanol–water partition coefficient (Wildman–Crippen LogP) is 4.65. The third-order valence-electron chi connectivity index (χ3n) is 4.21. The number of ether oxygens (including phenoxy) is 1. The Morgan fingerprint density at radius 3 is 2.79 bits per heavy atom. The second-order valence-corrected chi connectivity index (χ2v) is 6.80. The van der Waals surface area contributed by atoms with E-state index in [-0.39, 0.29) is 17.7 Å². The first-order valence-corrected chi connectivity index (χ1v) is 8.52. The van der Waals surface area contributed by atoms with E-state index in [0.717, 1.165) is 28.6 Å². The van der Waals surface area contributed by atoms with Crippen molar-refractivity contribution in [1.82, 2.24) is 0 Å². The third kappa shape index (κ3) is 2.98. The van der Waals surface area contributed by atoms with Crippen molar-refractivity contribution < 1.29 is 13.9 Å². The summed E-state index contributed by atoms with van der Waals surface area (Å²) in [6.45, 7) is 3.57. The monoisotopic (exact) mass is 392 g/mol. The number of hydrogen-bond acceptors (Lipinski definition) is 3. The molecule has 0 aromatic heterocycles. The second kappa shape index (κ2) is 6.43. The molecule has 0 radical (unpaired) electrons. The number of benzene rings is 2. The van der Waals surface area contributed by atoms with E-state index in [1.165, 1.54) is 12.1 Å². The largest absolute Gasteiger partial charge is 0.453 e. The van der Waals surface area contributed by atoms with Crippen molar-refractivity contribution in [3.05, 3.63) is 46.2 Å². The molecule has 1 heterocycles. The second-order valence-electron chi connectivity index (χ2n) is 5.94. The number of fused-ring (bicyclic) bond motifs is 1. The molecule has 1 unspecified atom stereocenters. The lowest BCUT2D eigenvalue weighted by atomic mass is 9.95. The Morgan fingerprint density at radius 1 is 1.38 bits per heavy atom. The standard InChI is InChI=1S/C18H18BrFN2O2/c1-10-3-5-13-16(22(10)11(2)23)7-6-14(19)18(13)24-17-8-4-12(21)9-15(17)20/h4,6-10H,3,5,21H2,1-2H3. The maximum atomic E-state index is 14.1. The van der Waals surface area contributed by atoms with Gasteiger partial charge >= 0.3 is 0 Å². The van der Waals surface area contributed by atoms with Crippen molar-refractivity contribution in [3.63, 3.8) is 0 Å². The molecule has 126 valence electrons. The molecule has 0 saturated heterocycles. The average Bonchev–Trinajstić information content (AvgIpc) is 2.51. The van der Waals surface area contributed by atoms with E-state index in [1.54, 1.807) is 17.9 Å². The number of nitrogen functional groups attached to an aromatic ring is 1. The molecule has 0 spiro atoms. The number of nitrogens with zero attached hydrogens (tertiary/aromatic N) is 1. The molecule has 2 aromatic rings. The molecule has 1 amide bonds. The molecule has 6 heteroatoms. The van der Waals surface area contributed by atoms with Crippen LogP contribution in [0.4, 0.5) is 15.8 Å². The summed E-state index contributed by atoms with van der Waals surface area (Å²) in [6, 6.07) is 8.15. The molecule has 1 atom stereocenters. The normalized spacial score (nSPS) is 16.7. The Morgan fingerprint density at radius 2 is 2.12 bits per heavy atom. The van der Waals surface area contributed by atoms with Gasteiger partial charge in [0, 0.05) is 30.3 Å². The fourth-order valence-corrected chi connectivity index (χ4v) is 3.53. The van der Waals surface area contributed by atoms with Crippen LogP contribution in [0.25, 0.3) is 0 Å². The summed E-state index contributed by atoms with van der Waals surface area (Å²) in [4.78, 5) is 13.8. The van der Waals surface area contributed by atoms with Gasteiger partial charge in [0.05, 0.1) is 10.2 Å². The minimum Gasteiger partial charge on any atom is -0.453 e. The van der Waals surface area contributed by atoms with Gasteiger partial charge < -0.3 is 15.4 Å². The third-order valence-corrected chi connectivity index (χ3v) is 4.83. The minimum atomic E-state index is -0.521. The quantitative estimate of drug-likeness (QED) is 0.756. The fraction of sp³-hybridized carbons (Fsp3) is 0.278. The Balaban J connectivity index is 2.07. The van der Waals surface area contributed by atoms with Crippen molar-refractivity contribution >= 4 is 33.2 Å². The Hall–Kier alpha value is -2.08. The zero-order chi connectivity index (χ0) is 17.4. The zero-order valence-electron chi connectivity index (χ0n) is 13.5. The van der Waals surface area contributed by atoms with E-state index in [2.05, 4.69) is 15.9 Å². The molecule has 0 aliphatic carbocycles. The number of halogens is 2. The molecule has 4 nitrogen and oxygen atoms in total. The molecule has 1 aliphatic rings. The van der Waals surface area contributed by atoms with Crippen molar-refractivity contribution in [1.29, 1.82) is 0 Å².